The van der Waals surface area contributed by atoms with Gasteiger partial charge in [-0.3, -0.25) is 9.59 Å². The maximum Gasteiger partial charge on any atom is 0.315 e. The molecule has 2 aromatic carbocycles. The van der Waals surface area contributed by atoms with Crippen molar-refractivity contribution in [1.29, 1.82) is 0 Å². The number of hydrogen-bond donors (Lipinski definition) is 3. The number of urea groups is 1. The van der Waals surface area contributed by atoms with Crippen LogP contribution in [-0.4, -0.2) is 75.9 Å². The van der Waals surface area contributed by atoms with Crippen molar-refractivity contribution < 1.29 is 28.6 Å². The quantitative estimate of drug-likeness (QED) is 0.186. The minimum Gasteiger partial charge on any atom is -0.493 e. The van der Waals surface area contributed by atoms with E-state index in [4.69, 9.17) is 14.2 Å². The molecule has 0 aliphatic carbocycles. The number of hydrogen-bond acceptors (Lipinski definition) is 7. The molecule has 2 aromatic rings. The largest absolute Gasteiger partial charge is 0.493 e. The van der Waals surface area contributed by atoms with E-state index in [0.717, 1.165) is 42.6 Å². The van der Waals surface area contributed by atoms with E-state index in [1.807, 2.05) is 48.2 Å². The van der Waals surface area contributed by atoms with E-state index in [9.17, 15) is 14.4 Å². The zero-order valence-electron chi connectivity index (χ0n) is 22.5. The normalized spacial score (nSPS) is 19.5. The van der Waals surface area contributed by atoms with E-state index >= 15 is 0 Å². The highest BCUT2D eigenvalue weighted by molar-refractivity contribution is 8.00. The third kappa shape index (κ3) is 6.89. The number of methoxy groups -OCH3 is 3. The van der Waals surface area contributed by atoms with Crippen molar-refractivity contribution in [3.05, 3.63) is 36.4 Å². The van der Waals surface area contributed by atoms with Crippen LogP contribution in [0.3, 0.4) is 0 Å². The van der Waals surface area contributed by atoms with Crippen LogP contribution in [0.2, 0.25) is 0 Å². The second kappa shape index (κ2) is 13.5. The predicted molar refractivity (Wildman–Crippen MR) is 152 cm³/mol. The highest BCUT2D eigenvalue weighted by atomic mass is 32.2. The summed E-state index contributed by atoms with van der Waals surface area (Å²) in [6.45, 7) is 0.703. The summed E-state index contributed by atoms with van der Waals surface area (Å²) in [7, 11) is 4.69. The van der Waals surface area contributed by atoms with E-state index in [0.29, 0.717) is 47.7 Å². The van der Waals surface area contributed by atoms with Crippen molar-refractivity contribution in [3.8, 4) is 28.4 Å². The van der Waals surface area contributed by atoms with Gasteiger partial charge in [0.05, 0.1) is 33.4 Å². The number of anilines is 1. The zero-order valence-corrected chi connectivity index (χ0v) is 23.3. The number of carbonyl (C=O) groups is 3. The Bertz CT molecular complexity index is 1150. The van der Waals surface area contributed by atoms with Crippen LogP contribution in [-0.2, 0) is 9.59 Å². The Morgan fingerprint density at radius 1 is 1.08 bits per heavy atom. The van der Waals surface area contributed by atoms with Gasteiger partial charge in [0.25, 0.3) is 0 Å². The Morgan fingerprint density at radius 2 is 1.85 bits per heavy atom. The first kappa shape index (κ1) is 28.4. The van der Waals surface area contributed by atoms with Gasteiger partial charge in [-0.15, -0.1) is 0 Å². The van der Waals surface area contributed by atoms with Gasteiger partial charge >= 0.3 is 6.03 Å². The van der Waals surface area contributed by atoms with Crippen LogP contribution < -0.4 is 35.1 Å². The molecule has 0 spiro atoms. The van der Waals surface area contributed by atoms with Crippen LogP contribution in [0.15, 0.2) is 36.4 Å². The maximum absolute atomic E-state index is 12.4. The number of fused-ring (bicyclic) bond motifs is 1. The van der Waals surface area contributed by atoms with E-state index < -0.39 is 0 Å². The fourth-order valence-corrected chi connectivity index (χ4v) is 6.58. The van der Waals surface area contributed by atoms with Crippen molar-refractivity contribution in [2.45, 2.75) is 43.0 Å². The summed E-state index contributed by atoms with van der Waals surface area (Å²) in [5.74, 6) is 2.50. The number of ether oxygens (including phenoxy) is 3. The first-order valence-corrected chi connectivity index (χ1v) is 14.1. The summed E-state index contributed by atoms with van der Waals surface area (Å²) in [6.07, 6.45) is 3.90. The lowest BCUT2D eigenvalue weighted by molar-refractivity contribution is -0.121. The number of benzene rings is 2. The van der Waals surface area contributed by atoms with Gasteiger partial charge in [0, 0.05) is 36.2 Å². The van der Waals surface area contributed by atoms with E-state index in [1.165, 1.54) is 0 Å². The van der Waals surface area contributed by atoms with E-state index in [2.05, 4.69) is 16.0 Å². The third-order valence-corrected chi connectivity index (χ3v) is 8.57. The molecule has 4 rings (SSSR count). The monoisotopic (exact) mass is 556 g/mol. The Hall–Kier alpha value is -3.60. The minimum atomic E-state index is -0.0769. The number of thioether (sulfide) groups is 1. The fraction of sp³-hybridized carbons (Fsp3) is 0.464. The lowest BCUT2D eigenvalue weighted by Crippen LogP contribution is -2.36. The summed E-state index contributed by atoms with van der Waals surface area (Å²) in [5, 5.41) is 9.27. The number of unbranched alkanes of at least 4 members (excludes halogenated alkanes) is 1. The van der Waals surface area contributed by atoms with Crippen molar-refractivity contribution in [3.63, 3.8) is 0 Å². The summed E-state index contributed by atoms with van der Waals surface area (Å²) in [4.78, 5) is 37.3. The first-order valence-electron chi connectivity index (χ1n) is 13.0. The van der Waals surface area contributed by atoms with Gasteiger partial charge in [0.15, 0.2) is 11.5 Å². The number of carbonyl (C=O) groups excluding carboxylic acids is 3. The molecular formula is C28H36N4O6S. The van der Waals surface area contributed by atoms with Crippen LogP contribution >= 0.6 is 11.8 Å². The lowest BCUT2D eigenvalue weighted by atomic mass is 10.0. The SMILES string of the molecule is COc1cc(-c2cccc(N(C=O)CCNC(=O)CCCC[C@@H]3SC[C@@H]4NC(=O)N[C@@H]43)c2)cc(OC)c1OC. The standard InChI is InChI=1S/C28H36N4O6S/c1-36-22-14-19(15-23(37-2)27(22)38-3)18-7-6-8-20(13-18)32(17-33)12-11-29-25(34)10-5-4-9-24-26-21(16-39-24)30-28(35)31-26/h6-8,13-15,17,21,24,26H,4-5,9-12,16H2,1-3H3,(H,29,34)(H2,30,31,35)/t21-,24-,26-/m0/s1. The van der Waals surface area contributed by atoms with Crippen LogP contribution in [0.5, 0.6) is 17.2 Å². The van der Waals surface area contributed by atoms with Gasteiger partial charge in [-0.25, -0.2) is 4.79 Å². The summed E-state index contributed by atoms with van der Waals surface area (Å²) in [6, 6.07) is 11.6. The Balaban J connectivity index is 1.25. The van der Waals surface area contributed by atoms with Crippen LogP contribution in [0.4, 0.5) is 10.5 Å². The second-order valence-electron chi connectivity index (χ2n) is 9.48. The van der Waals surface area contributed by atoms with Crippen molar-refractivity contribution >= 4 is 35.8 Å². The van der Waals surface area contributed by atoms with Crippen LogP contribution in [0.1, 0.15) is 25.7 Å². The predicted octanol–water partition coefficient (Wildman–Crippen LogP) is 3.18. The molecule has 11 heteroatoms. The van der Waals surface area contributed by atoms with Crippen molar-refractivity contribution in [1.82, 2.24) is 16.0 Å². The summed E-state index contributed by atoms with van der Waals surface area (Å²) in [5.41, 5.74) is 2.44. The number of nitrogens with zero attached hydrogens (tertiary/aromatic N) is 1. The molecule has 3 N–H and O–H groups in total. The molecule has 3 atom stereocenters. The fourth-order valence-electron chi connectivity index (χ4n) is 5.03. The lowest BCUT2D eigenvalue weighted by Gasteiger charge is -2.19. The smallest absolute Gasteiger partial charge is 0.315 e. The van der Waals surface area contributed by atoms with Crippen LogP contribution in [0, 0.1) is 0 Å². The molecule has 0 aromatic heterocycles. The van der Waals surface area contributed by atoms with Gasteiger partial charge < -0.3 is 35.1 Å². The average Bonchev–Trinajstić information content (AvgIpc) is 3.51. The van der Waals surface area contributed by atoms with Gasteiger partial charge in [0.2, 0.25) is 18.1 Å². The molecule has 0 saturated carbocycles. The molecule has 2 fully saturated rings. The van der Waals surface area contributed by atoms with Gasteiger partial charge in [-0.05, 0) is 48.2 Å². The summed E-state index contributed by atoms with van der Waals surface area (Å²) >= 11 is 1.88. The molecule has 4 amide bonds. The molecule has 2 saturated heterocycles. The van der Waals surface area contributed by atoms with Gasteiger partial charge in [-0.2, -0.15) is 11.8 Å². The first-order chi connectivity index (χ1) is 19.0. The molecule has 0 radical (unpaired) electrons. The van der Waals surface area contributed by atoms with Gasteiger partial charge in [-0.1, -0.05) is 18.6 Å². The Labute approximate surface area is 233 Å². The molecule has 0 bridgehead atoms. The molecule has 39 heavy (non-hydrogen) atoms. The number of amides is 4. The van der Waals surface area contributed by atoms with Crippen molar-refractivity contribution in [2.24, 2.45) is 0 Å². The Morgan fingerprint density at radius 3 is 2.54 bits per heavy atom. The highest BCUT2D eigenvalue weighted by Gasteiger charge is 2.42. The van der Waals surface area contributed by atoms with E-state index in [1.54, 1.807) is 26.2 Å². The molecule has 210 valence electrons. The Kier molecular flexibility index (Phi) is 9.80. The van der Waals surface area contributed by atoms with Crippen molar-refractivity contribution in [2.75, 3.05) is 45.1 Å². The molecule has 10 nitrogen and oxygen atoms in total. The van der Waals surface area contributed by atoms with Crippen LogP contribution in [0.25, 0.3) is 11.1 Å². The maximum atomic E-state index is 12.4. The highest BCUT2D eigenvalue weighted by Crippen LogP contribution is 2.41. The topological polar surface area (TPSA) is 118 Å². The molecule has 2 heterocycles. The van der Waals surface area contributed by atoms with E-state index in [-0.39, 0.29) is 24.0 Å². The third-order valence-electron chi connectivity index (χ3n) is 7.06. The molecule has 2 aliphatic heterocycles. The summed E-state index contributed by atoms with van der Waals surface area (Å²) < 4.78 is 16.3. The molecule has 0 unspecified atom stereocenters. The minimum absolute atomic E-state index is 0.0280. The molecule has 2 aliphatic rings. The number of nitrogens with one attached hydrogen (secondary N) is 3. The zero-order chi connectivity index (χ0) is 27.8. The van der Waals surface area contributed by atoms with Gasteiger partial charge in [0.1, 0.15) is 0 Å². The second-order valence-corrected chi connectivity index (χ2v) is 10.8. The number of rotatable bonds is 14. The average molecular weight is 557 g/mol. The molecular weight excluding hydrogens is 520 g/mol.